The fourth-order valence-corrected chi connectivity index (χ4v) is 6.46. The van der Waals surface area contributed by atoms with E-state index in [1.807, 2.05) is 45.0 Å². The van der Waals surface area contributed by atoms with Gasteiger partial charge >= 0.3 is 0 Å². The summed E-state index contributed by atoms with van der Waals surface area (Å²) in [5.41, 5.74) is 2.67. The summed E-state index contributed by atoms with van der Waals surface area (Å²) < 4.78 is 29.0. The predicted octanol–water partition coefficient (Wildman–Crippen LogP) is 4.45. The summed E-state index contributed by atoms with van der Waals surface area (Å²) in [6.45, 7) is 6.11. The number of aryl methyl sites for hydroxylation is 2. The molecule has 0 saturated carbocycles. The quantitative estimate of drug-likeness (QED) is 0.568. The van der Waals surface area contributed by atoms with Gasteiger partial charge in [0.2, 0.25) is 10.0 Å². The van der Waals surface area contributed by atoms with Crippen LogP contribution in [0.3, 0.4) is 0 Å². The Bertz CT molecular complexity index is 1200. The molecule has 1 unspecified atom stereocenters. The summed E-state index contributed by atoms with van der Waals surface area (Å²) >= 11 is 1.57. The van der Waals surface area contributed by atoms with Gasteiger partial charge in [-0.15, -0.1) is 0 Å². The first kappa shape index (κ1) is 21.8. The molecule has 4 rings (SSSR count). The molecule has 1 aliphatic heterocycles. The molecule has 2 aromatic carbocycles. The van der Waals surface area contributed by atoms with Crippen molar-refractivity contribution in [3.63, 3.8) is 0 Å². The van der Waals surface area contributed by atoms with Crippen LogP contribution in [-0.4, -0.2) is 41.0 Å². The van der Waals surface area contributed by atoms with E-state index in [0.717, 1.165) is 21.2 Å². The third-order valence-corrected chi connectivity index (χ3v) is 8.74. The minimum atomic E-state index is -3.74. The van der Waals surface area contributed by atoms with Gasteiger partial charge in [0.05, 0.1) is 21.2 Å². The standard InChI is InChI=1S/C23H25N3O3S2/c1-16-11-13-19(14-12-16)30-22-17(2)24-26(18(22)3)23(27)21-10-7-15-25(21)31(28,29)20-8-5-4-6-9-20/h4-6,8-9,11-14,21H,7,10,15H2,1-3H3. The fourth-order valence-electron chi connectivity index (χ4n) is 3.86. The first-order valence-corrected chi connectivity index (χ1v) is 12.5. The summed E-state index contributed by atoms with van der Waals surface area (Å²) in [7, 11) is -3.74. The molecule has 162 valence electrons. The number of carbonyl (C=O) groups is 1. The van der Waals surface area contributed by atoms with Crippen LogP contribution in [0.25, 0.3) is 0 Å². The Kier molecular flexibility index (Phi) is 6.05. The average molecular weight is 456 g/mol. The highest BCUT2D eigenvalue weighted by Gasteiger charge is 2.41. The number of hydrogen-bond donors (Lipinski definition) is 0. The number of nitrogens with zero attached hydrogens (tertiary/aromatic N) is 3. The van der Waals surface area contributed by atoms with Crippen molar-refractivity contribution in [2.75, 3.05) is 6.54 Å². The summed E-state index contributed by atoms with van der Waals surface area (Å²) in [6, 6.07) is 15.7. The lowest BCUT2D eigenvalue weighted by Crippen LogP contribution is -2.43. The lowest BCUT2D eigenvalue weighted by atomic mass is 10.2. The molecule has 31 heavy (non-hydrogen) atoms. The lowest BCUT2D eigenvalue weighted by Gasteiger charge is -2.23. The minimum absolute atomic E-state index is 0.207. The van der Waals surface area contributed by atoms with Gasteiger partial charge in [0, 0.05) is 11.4 Å². The molecule has 8 heteroatoms. The summed E-state index contributed by atoms with van der Waals surface area (Å²) in [4.78, 5) is 15.6. The number of sulfonamides is 1. The number of carbonyl (C=O) groups excluding carboxylic acids is 1. The second kappa shape index (κ2) is 8.61. The SMILES string of the molecule is Cc1ccc(Sc2c(C)nn(C(=O)C3CCCN3S(=O)(=O)c3ccccc3)c2C)cc1. The largest absolute Gasteiger partial charge is 0.271 e. The van der Waals surface area contributed by atoms with Gasteiger partial charge in [0.1, 0.15) is 6.04 Å². The Balaban J connectivity index is 1.63. The number of aromatic nitrogens is 2. The average Bonchev–Trinajstić information content (AvgIpc) is 3.37. The van der Waals surface area contributed by atoms with Gasteiger partial charge in [-0.25, -0.2) is 13.1 Å². The van der Waals surface area contributed by atoms with Crippen molar-refractivity contribution in [1.82, 2.24) is 14.1 Å². The van der Waals surface area contributed by atoms with Crippen molar-refractivity contribution in [2.45, 2.75) is 54.3 Å². The van der Waals surface area contributed by atoms with Crippen LogP contribution >= 0.6 is 11.8 Å². The Morgan fingerprint density at radius 1 is 1.03 bits per heavy atom. The third kappa shape index (κ3) is 4.20. The van der Waals surface area contributed by atoms with Gasteiger partial charge < -0.3 is 0 Å². The predicted molar refractivity (Wildman–Crippen MR) is 121 cm³/mol. The number of hydrogen-bond acceptors (Lipinski definition) is 5. The van der Waals surface area contributed by atoms with Crippen molar-refractivity contribution in [3.05, 3.63) is 71.5 Å². The van der Waals surface area contributed by atoms with Crippen LogP contribution in [-0.2, 0) is 10.0 Å². The van der Waals surface area contributed by atoms with Crippen molar-refractivity contribution in [1.29, 1.82) is 0 Å². The van der Waals surface area contributed by atoms with Crippen LogP contribution in [0, 0.1) is 20.8 Å². The van der Waals surface area contributed by atoms with Crippen LogP contribution in [0.1, 0.15) is 34.6 Å². The molecule has 3 aromatic rings. The Labute approximate surface area is 187 Å². The zero-order valence-corrected chi connectivity index (χ0v) is 19.4. The van der Waals surface area contributed by atoms with Crippen LogP contribution < -0.4 is 0 Å². The summed E-state index contributed by atoms with van der Waals surface area (Å²) in [5.74, 6) is -0.298. The van der Waals surface area contributed by atoms with Gasteiger partial charge in [-0.3, -0.25) is 4.79 Å². The van der Waals surface area contributed by atoms with Crippen molar-refractivity contribution < 1.29 is 13.2 Å². The molecule has 0 spiro atoms. The Hall–Kier alpha value is -2.42. The topological polar surface area (TPSA) is 72.3 Å². The second-order valence-electron chi connectivity index (χ2n) is 7.75. The maximum atomic E-state index is 13.4. The molecule has 0 bridgehead atoms. The first-order chi connectivity index (χ1) is 14.8. The van der Waals surface area contributed by atoms with Crippen molar-refractivity contribution in [2.24, 2.45) is 0 Å². The van der Waals surface area contributed by atoms with E-state index >= 15 is 0 Å². The van der Waals surface area contributed by atoms with E-state index in [9.17, 15) is 13.2 Å². The van der Waals surface area contributed by atoms with Gasteiger partial charge in [-0.2, -0.15) is 9.40 Å². The molecule has 0 radical (unpaired) electrons. The van der Waals surface area contributed by atoms with E-state index in [1.165, 1.54) is 14.6 Å². The van der Waals surface area contributed by atoms with Gasteiger partial charge in [-0.05, 0) is 57.9 Å². The zero-order chi connectivity index (χ0) is 22.2. The molecule has 1 atom stereocenters. The smallest absolute Gasteiger partial charge is 0.265 e. The van der Waals surface area contributed by atoms with Crippen LogP contribution in [0.15, 0.2) is 69.3 Å². The minimum Gasteiger partial charge on any atom is -0.271 e. The molecule has 1 fully saturated rings. The van der Waals surface area contributed by atoms with Crippen LogP contribution in [0.5, 0.6) is 0 Å². The van der Waals surface area contributed by atoms with E-state index in [0.29, 0.717) is 19.4 Å². The zero-order valence-electron chi connectivity index (χ0n) is 17.8. The molecule has 0 amide bonds. The first-order valence-electron chi connectivity index (χ1n) is 10.2. The molecule has 2 heterocycles. The highest BCUT2D eigenvalue weighted by molar-refractivity contribution is 7.99. The maximum Gasteiger partial charge on any atom is 0.265 e. The molecular weight excluding hydrogens is 430 g/mol. The third-order valence-electron chi connectivity index (χ3n) is 5.51. The fraction of sp³-hybridized carbons (Fsp3) is 0.304. The molecule has 0 N–H and O–H groups in total. The van der Waals surface area contributed by atoms with Gasteiger partial charge in [0.25, 0.3) is 5.91 Å². The highest BCUT2D eigenvalue weighted by atomic mass is 32.2. The number of benzene rings is 2. The van der Waals surface area contributed by atoms with Crippen LogP contribution in [0.4, 0.5) is 0 Å². The summed E-state index contributed by atoms with van der Waals surface area (Å²) in [6.07, 6.45) is 1.14. The van der Waals surface area contributed by atoms with Crippen molar-refractivity contribution >= 4 is 27.7 Å². The lowest BCUT2D eigenvalue weighted by molar-refractivity contribution is 0.0813. The van der Waals surface area contributed by atoms with Crippen molar-refractivity contribution in [3.8, 4) is 0 Å². The Morgan fingerprint density at radius 3 is 2.39 bits per heavy atom. The van der Waals surface area contributed by atoms with Gasteiger partial charge in [0.15, 0.2) is 0 Å². The normalized spacial score (nSPS) is 17.2. The monoisotopic (exact) mass is 455 g/mol. The summed E-state index contributed by atoms with van der Waals surface area (Å²) in [5, 5.41) is 4.48. The second-order valence-corrected chi connectivity index (χ2v) is 10.7. The van der Waals surface area contributed by atoms with E-state index in [2.05, 4.69) is 5.10 Å². The van der Waals surface area contributed by atoms with E-state index < -0.39 is 16.1 Å². The van der Waals surface area contributed by atoms with E-state index in [1.54, 1.807) is 42.1 Å². The van der Waals surface area contributed by atoms with Gasteiger partial charge in [-0.1, -0.05) is 47.7 Å². The molecule has 1 saturated heterocycles. The maximum absolute atomic E-state index is 13.4. The Morgan fingerprint density at radius 2 is 1.71 bits per heavy atom. The molecule has 1 aliphatic rings. The highest BCUT2D eigenvalue weighted by Crippen LogP contribution is 2.34. The van der Waals surface area contributed by atoms with E-state index in [-0.39, 0.29) is 10.8 Å². The van der Waals surface area contributed by atoms with Crippen LogP contribution in [0.2, 0.25) is 0 Å². The molecular formula is C23H25N3O3S2. The molecule has 6 nitrogen and oxygen atoms in total. The molecule has 1 aromatic heterocycles. The molecule has 0 aliphatic carbocycles. The number of rotatable bonds is 5. The van der Waals surface area contributed by atoms with E-state index in [4.69, 9.17) is 0 Å².